The van der Waals surface area contributed by atoms with E-state index in [1.165, 1.54) is 193 Å². The van der Waals surface area contributed by atoms with Crippen LogP contribution in [0.2, 0.25) is 0 Å². The summed E-state index contributed by atoms with van der Waals surface area (Å²) >= 11 is 0. The van der Waals surface area contributed by atoms with Gasteiger partial charge in [0, 0.05) is 19.3 Å². The van der Waals surface area contributed by atoms with Gasteiger partial charge in [0.25, 0.3) is 0 Å². The van der Waals surface area contributed by atoms with Crippen molar-refractivity contribution >= 4 is 17.9 Å². The van der Waals surface area contributed by atoms with Crippen LogP contribution in [0.1, 0.15) is 323 Å². The maximum atomic E-state index is 12.9. The van der Waals surface area contributed by atoms with Crippen LogP contribution in [0.4, 0.5) is 0 Å². The molecule has 0 heterocycles. The Morgan fingerprint density at radius 1 is 0.294 bits per heavy atom. The molecule has 1 unspecified atom stereocenters. The minimum Gasteiger partial charge on any atom is -0.462 e. The van der Waals surface area contributed by atoms with E-state index in [-0.39, 0.29) is 31.1 Å². The second-order valence-corrected chi connectivity index (χ2v) is 20.3. The molecule has 0 amide bonds. The average molecular weight is 956 g/mol. The maximum Gasteiger partial charge on any atom is 0.306 e. The van der Waals surface area contributed by atoms with Gasteiger partial charge in [0.1, 0.15) is 13.2 Å². The molecule has 0 radical (unpaired) electrons. The van der Waals surface area contributed by atoms with E-state index in [1.807, 2.05) is 0 Å². The largest absolute Gasteiger partial charge is 0.462 e. The predicted molar refractivity (Wildman–Crippen MR) is 293 cm³/mol. The third-order valence-electron chi connectivity index (χ3n) is 13.4. The minimum absolute atomic E-state index is 0.0768. The van der Waals surface area contributed by atoms with Crippen LogP contribution in [0.15, 0.2) is 36.5 Å². The normalized spacial score (nSPS) is 12.2. The smallest absolute Gasteiger partial charge is 0.306 e. The molecule has 0 aromatic heterocycles. The highest BCUT2D eigenvalue weighted by molar-refractivity contribution is 5.71. The zero-order valence-electron chi connectivity index (χ0n) is 45.6. The quantitative estimate of drug-likeness (QED) is 0.0262. The summed E-state index contributed by atoms with van der Waals surface area (Å²) in [6, 6.07) is 0. The number of ether oxygens (including phenoxy) is 3. The van der Waals surface area contributed by atoms with Crippen LogP contribution in [0.3, 0.4) is 0 Å². The summed E-state index contributed by atoms with van der Waals surface area (Å²) in [7, 11) is 0. The summed E-state index contributed by atoms with van der Waals surface area (Å²) in [4.78, 5) is 38.2. The molecule has 0 fully saturated rings. The topological polar surface area (TPSA) is 78.9 Å². The van der Waals surface area contributed by atoms with Gasteiger partial charge in [-0.1, -0.05) is 263 Å². The van der Waals surface area contributed by atoms with Crippen LogP contribution in [0.5, 0.6) is 0 Å². The molecule has 0 N–H and O–H groups in total. The van der Waals surface area contributed by atoms with E-state index in [1.54, 1.807) is 0 Å². The van der Waals surface area contributed by atoms with Gasteiger partial charge in [-0.2, -0.15) is 0 Å². The van der Waals surface area contributed by atoms with Crippen LogP contribution in [-0.4, -0.2) is 37.2 Å². The van der Waals surface area contributed by atoms with Gasteiger partial charge in [-0.3, -0.25) is 14.4 Å². The summed E-state index contributed by atoms with van der Waals surface area (Å²) in [6.07, 6.45) is 68.5. The van der Waals surface area contributed by atoms with Crippen LogP contribution in [0.25, 0.3) is 0 Å². The fraction of sp³-hybridized carbons (Fsp3) is 0.855. The van der Waals surface area contributed by atoms with Crippen molar-refractivity contribution < 1.29 is 28.6 Å². The summed E-state index contributed by atoms with van der Waals surface area (Å²) in [5.74, 6) is -0.881. The first-order valence-corrected chi connectivity index (χ1v) is 30.0. The number of unbranched alkanes of at least 4 members (excludes halogenated alkanes) is 38. The Labute approximate surface area is 423 Å². The van der Waals surface area contributed by atoms with E-state index in [0.717, 1.165) is 89.9 Å². The van der Waals surface area contributed by atoms with Gasteiger partial charge in [0.05, 0.1) is 0 Å². The van der Waals surface area contributed by atoms with Crippen molar-refractivity contribution in [3.63, 3.8) is 0 Å². The Hall–Kier alpha value is -2.37. The first kappa shape index (κ1) is 65.6. The summed E-state index contributed by atoms with van der Waals surface area (Å²) in [5.41, 5.74) is 0. The lowest BCUT2D eigenvalue weighted by molar-refractivity contribution is -0.167. The molecule has 0 aromatic rings. The molecule has 0 saturated carbocycles. The van der Waals surface area contributed by atoms with Crippen LogP contribution in [0, 0.1) is 0 Å². The third-order valence-corrected chi connectivity index (χ3v) is 13.4. The van der Waals surface area contributed by atoms with Crippen molar-refractivity contribution in [3.05, 3.63) is 36.5 Å². The second-order valence-electron chi connectivity index (χ2n) is 20.3. The number of esters is 3. The monoisotopic (exact) mass is 955 g/mol. The molecule has 0 saturated heterocycles. The number of carbonyl (C=O) groups is 3. The molecule has 6 heteroatoms. The van der Waals surface area contributed by atoms with Gasteiger partial charge in [-0.25, -0.2) is 0 Å². The van der Waals surface area contributed by atoms with E-state index in [4.69, 9.17) is 14.2 Å². The number of hydrogen-bond acceptors (Lipinski definition) is 6. The highest BCUT2D eigenvalue weighted by Crippen LogP contribution is 2.17. The highest BCUT2D eigenvalue weighted by atomic mass is 16.6. The van der Waals surface area contributed by atoms with E-state index >= 15 is 0 Å². The first-order valence-electron chi connectivity index (χ1n) is 30.0. The van der Waals surface area contributed by atoms with Crippen molar-refractivity contribution in [2.75, 3.05) is 13.2 Å². The lowest BCUT2D eigenvalue weighted by Gasteiger charge is -2.18. The predicted octanol–water partition coefficient (Wildman–Crippen LogP) is 20.0. The molecule has 0 spiro atoms. The first-order chi connectivity index (χ1) is 33.5. The number of carbonyl (C=O) groups excluding carboxylic acids is 3. The Balaban J connectivity index is 4.33. The molecule has 0 aromatic carbocycles. The van der Waals surface area contributed by atoms with Crippen LogP contribution in [-0.2, 0) is 28.6 Å². The summed E-state index contributed by atoms with van der Waals surface area (Å²) in [5, 5.41) is 0. The zero-order chi connectivity index (χ0) is 49.3. The van der Waals surface area contributed by atoms with Gasteiger partial charge in [-0.15, -0.1) is 0 Å². The molecule has 0 bridgehead atoms. The van der Waals surface area contributed by atoms with Crippen LogP contribution >= 0.6 is 0 Å². The molecule has 68 heavy (non-hydrogen) atoms. The fourth-order valence-electron chi connectivity index (χ4n) is 8.82. The van der Waals surface area contributed by atoms with Gasteiger partial charge in [0.15, 0.2) is 6.10 Å². The number of rotatable bonds is 55. The van der Waals surface area contributed by atoms with Crippen LogP contribution < -0.4 is 0 Å². The Kier molecular flexibility index (Phi) is 55.2. The SMILES string of the molecule is CCCCC/C=C\C/C=C\CCCCCCCC(=O)OC(COC(=O)CCCCCCC/C=C\CCCCCCCC)COC(=O)CCCCCCCCCCCCCCCCCCCCCC. The summed E-state index contributed by atoms with van der Waals surface area (Å²) < 4.78 is 16.9. The number of allylic oxidation sites excluding steroid dienone is 6. The van der Waals surface area contributed by atoms with E-state index in [0.29, 0.717) is 19.3 Å². The van der Waals surface area contributed by atoms with Crippen molar-refractivity contribution in [1.82, 2.24) is 0 Å². The highest BCUT2D eigenvalue weighted by Gasteiger charge is 2.19. The van der Waals surface area contributed by atoms with Gasteiger partial charge >= 0.3 is 17.9 Å². The molecular formula is C62H114O6. The molecule has 0 aliphatic rings. The van der Waals surface area contributed by atoms with E-state index < -0.39 is 6.10 Å². The second kappa shape index (κ2) is 57.2. The molecular weight excluding hydrogens is 841 g/mol. The van der Waals surface area contributed by atoms with Crippen molar-refractivity contribution in [2.45, 2.75) is 329 Å². The maximum absolute atomic E-state index is 12.9. The molecule has 1 atom stereocenters. The van der Waals surface area contributed by atoms with Crippen molar-refractivity contribution in [1.29, 1.82) is 0 Å². The standard InChI is InChI=1S/C62H114O6/c1-4-7-10-13-16-19-22-25-28-29-30-31-32-35-37-40-43-46-49-52-55-61(64)67-58-59(68-62(65)56-53-50-47-44-41-38-34-27-24-21-18-15-12-9-6-3)57-66-60(63)54-51-48-45-42-39-36-33-26-23-20-17-14-11-8-5-2/h18,21,26-27,33-34,59H,4-17,19-20,22-25,28-32,35-58H2,1-3H3/b21-18-,33-26-,34-27-. The zero-order valence-corrected chi connectivity index (χ0v) is 45.6. The van der Waals surface area contributed by atoms with Gasteiger partial charge < -0.3 is 14.2 Å². The van der Waals surface area contributed by atoms with E-state index in [9.17, 15) is 14.4 Å². The molecule has 6 nitrogen and oxygen atoms in total. The van der Waals surface area contributed by atoms with Crippen molar-refractivity contribution in [2.24, 2.45) is 0 Å². The van der Waals surface area contributed by atoms with Gasteiger partial charge in [0.2, 0.25) is 0 Å². The molecule has 398 valence electrons. The van der Waals surface area contributed by atoms with E-state index in [2.05, 4.69) is 57.2 Å². The minimum atomic E-state index is -0.780. The molecule has 0 aliphatic carbocycles. The van der Waals surface area contributed by atoms with Gasteiger partial charge in [-0.05, 0) is 77.0 Å². The molecule has 0 rings (SSSR count). The average Bonchev–Trinajstić information content (AvgIpc) is 3.34. The lowest BCUT2D eigenvalue weighted by atomic mass is 10.0. The number of hydrogen-bond donors (Lipinski definition) is 0. The third kappa shape index (κ3) is 54.6. The summed E-state index contributed by atoms with van der Waals surface area (Å²) in [6.45, 7) is 6.64. The molecule has 0 aliphatic heterocycles. The fourth-order valence-corrected chi connectivity index (χ4v) is 8.82. The Morgan fingerprint density at radius 3 is 0.853 bits per heavy atom. The van der Waals surface area contributed by atoms with Crippen molar-refractivity contribution in [3.8, 4) is 0 Å². The lowest BCUT2D eigenvalue weighted by Crippen LogP contribution is -2.30. The Morgan fingerprint density at radius 2 is 0.529 bits per heavy atom. The Bertz CT molecular complexity index is 1140.